The van der Waals surface area contributed by atoms with Crippen LogP contribution in [0.2, 0.25) is 0 Å². The molecule has 3 N–H and O–H groups in total. The number of benzene rings is 1. The van der Waals surface area contributed by atoms with Crippen molar-refractivity contribution in [2.75, 3.05) is 11.9 Å². The Morgan fingerprint density at radius 3 is 2.76 bits per heavy atom. The lowest BCUT2D eigenvalue weighted by Crippen LogP contribution is -2.31. The van der Waals surface area contributed by atoms with Crippen LogP contribution in [0.5, 0.6) is 0 Å². The van der Waals surface area contributed by atoms with Crippen molar-refractivity contribution in [2.45, 2.75) is 13.8 Å². The number of H-pyrrole nitrogens is 1. The first-order valence-electron chi connectivity index (χ1n) is 6.75. The molecule has 0 spiro atoms. The Kier molecular flexibility index (Phi) is 4.71. The highest BCUT2D eigenvalue weighted by atomic mass is 16.2. The normalized spacial score (nSPS) is 10.4. The monoisotopic (exact) mass is 286 g/mol. The zero-order valence-corrected chi connectivity index (χ0v) is 12.0. The summed E-state index contributed by atoms with van der Waals surface area (Å²) < 4.78 is 0. The van der Waals surface area contributed by atoms with Gasteiger partial charge in [0, 0.05) is 23.9 Å². The van der Waals surface area contributed by atoms with Gasteiger partial charge in [-0.15, -0.1) is 0 Å². The molecule has 2 amide bonds. The molecule has 0 radical (unpaired) electrons. The van der Waals surface area contributed by atoms with E-state index >= 15 is 0 Å². The quantitative estimate of drug-likeness (QED) is 0.805. The van der Waals surface area contributed by atoms with Crippen molar-refractivity contribution < 1.29 is 4.79 Å². The maximum absolute atomic E-state index is 11.7. The Morgan fingerprint density at radius 2 is 2.10 bits per heavy atom. The fourth-order valence-corrected chi connectivity index (χ4v) is 1.73. The Labute approximate surface area is 122 Å². The van der Waals surface area contributed by atoms with Crippen LogP contribution in [0.25, 0.3) is 11.3 Å². The summed E-state index contributed by atoms with van der Waals surface area (Å²) in [5.41, 5.74) is 1.87. The SMILES string of the molecule is CC(C)CNC(=O)Nc1cccc(-c2ccc(=O)[nH]n2)c1. The number of hydrogen-bond acceptors (Lipinski definition) is 3. The predicted molar refractivity (Wildman–Crippen MR) is 82.2 cm³/mol. The van der Waals surface area contributed by atoms with Gasteiger partial charge in [-0.2, -0.15) is 5.10 Å². The number of amides is 2. The van der Waals surface area contributed by atoms with Gasteiger partial charge in [0.25, 0.3) is 5.56 Å². The molecule has 0 aliphatic carbocycles. The highest BCUT2D eigenvalue weighted by Crippen LogP contribution is 2.19. The number of nitrogens with zero attached hydrogens (tertiary/aromatic N) is 1. The molecule has 1 heterocycles. The standard InChI is InChI=1S/C15H18N4O2/c1-10(2)9-16-15(21)17-12-5-3-4-11(8-12)13-6-7-14(20)19-18-13/h3-8,10H,9H2,1-2H3,(H,19,20)(H2,16,17,21). The molecule has 2 rings (SSSR count). The molecular formula is C15H18N4O2. The Hall–Kier alpha value is -2.63. The number of aromatic nitrogens is 2. The molecule has 110 valence electrons. The van der Waals surface area contributed by atoms with E-state index in [-0.39, 0.29) is 11.6 Å². The van der Waals surface area contributed by atoms with Gasteiger partial charge in [0.1, 0.15) is 0 Å². The van der Waals surface area contributed by atoms with Crippen molar-refractivity contribution >= 4 is 11.7 Å². The summed E-state index contributed by atoms with van der Waals surface area (Å²) in [5, 5.41) is 11.9. The Bertz CT molecular complexity index is 659. The van der Waals surface area contributed by atoms with Gasteiger partial charge in [0.05, 0.1) is 5.69 Å². The van der Waals surface area contributed by atoms with Gasteiger partial charge in [-0.1, -0.05) is 26.0 Å². The van der Waals surface area contributed by atoms with Gasteiger partial charge in [-0.25, -0.2) is 9.89 Å². The van der Waals surface area contributed by atoms with Crippen LogP contribution in [0.4, 0.5) is 10.5 Å². The lowest BCUT2D eigenvalue weighted by atomic mass is 10.1. The van der Waals surface area contributed by atoms with Crippen molar-refractivity contribution in [3.63, 3.8) is 0 Å². The molecule has 6 heteroatoms. The number of aromatic amines is 1. The number of hydrogen-bond donors (Lipinski definition) is 3. The van der Waals surface area contributed by atoms with E-state index < -0.39 is 0 Å². The van der Waals surface area contributed by atoms with Crippen LogP contribution >= 0.6 is 0 Å². The van der Waals surface area contributed by atoms with E-state index in [1.807, 2.05) is 26.0 Å². The molecular weight excluding hydrogens is 268 g/mol. The topological polar surface area (TPSA) is 86.9 Å². The van der Waals surface area contributed by atoms with E-state index in [4.69, 9.17) is 0 Å². The summed E-state index contributed by atoms with van der Waals surface area (Å²) in [6.45, 7) is 4.68. The third kappa shape index (κ3) is 4.45. The maximum Gasteiger partial charge on any atom is 0.319 e. The first-order chi connectivity index (χ1) is 10.0. The van der Waals surface area contributed by atoms with E-state index in [1.54, 1.807) is 18.2 Å². The van der Waals surface area contributed by atoms with E-state index in [0.717, 1.165) is 5.56 Å². The van der Waals surface area contributed by atoms with Gasteiger partial charge in [-0.3, -0.25) is 4.79 Å². The molecule has 6 nitrogen and oxygen atoms in total. The highest BCUT2D eigenvalue weighted by molar-refractivity contribution is 5.90. The summed E-state index contributed by atoms with van der Waals surface area (Å²) in [4.78, 5) is 22.7. The summed E-state index contributed by atoms with van der Waals surface area (Å²) in [6.07, 6.45) is 0. The first kappa shape index (κ1) is 14.8. The van der Waals surface area contributed by atoms with Gasteiger partial charge >= 0.3 is 6.03 Å². The lowest BCUT2D eigenvalue weighted by Gasteiger charge is -2.10. The van der Waals surface area contributed by atoms with Crippen molar-refractivity contribution in [3.8, 4) is 11.3 Å². The number of anilines is 1. The maximum atomic E-state index is 11.7. The first-order valence-corrected chi connectivity index (χ1v) is 6.75. The number of nitrogens with one attached hydrogen (secondary N) is 3. The summed E-state index contributed by atoms with van der Waals surface area (Å²) >= 11 is 0. The third-order valence-electron chi connectivity index (χ3n) is 2.77. The van der Waals surface area contributed by atoms with Crippen LogP contribution in [0.15, 0.2) is 41.2 Å². The van der Waals surface area contributed by atoms with Crippen LogP contribution in [0.1, 0.15) is 13.8 Å². The minimum atomic E-state index is -0.249. The second kappa shape index (κ2) is 6.69. The van der Waals surface area contributed by atoms with Crippen LogP contribution in [0, 0.1) is 5.92 Å². The van der Waals surface area contributed by atoms with Crippen molar-refractivity contribution in [3.05, 3.63) is 46.8 Å². The highest BCUT2D eigenvalue weighted by Gasteiger charge is 2.05. The van der Waals surface area contributed by atoms with Crippen molar-refractivity contribution in [2.24, 2.45) is 5.92 Å². The number of urea groups is 1. The van der Waals surface area contributed by atoms with Crippen LogP contribution in [0.3, 0.4) is 0 Å². The predicted octanol–water partition coefficient (Wildman–Crippen LogP) is 2.21. The van der Waals surface area contributed by atoms with Gasteiger partial charge < -0.3 is 10.6 Å². The smallest absolute Gasteiger partial charge is 0.319 e. The van der Waals surface area contributed by atoms with Gasteiger partial charge in [0.15, 0.2) is 0 Å². The number of carbonyl (C=O) groups excluding carboxylic acids is 1. The summed E-state index contributed by atoms with van der Waals surface area (Å²) in [5.74, 6) is 0.396. The lowest BCUT2D eigenvalue weighted by molar-refractivity contribution is 0.251. The largest absolute Gasteiger partial charge is 0.338 e. The molecule has 0 bridgehead atoms. The molecule has 0 aliphatic rings. The second-order valence-electron chi connectivity index (χ2n) is 5.12. The number of carbonyl (C=O) groups is 1. The molecule has 0 saturated carbocycles. The van der Waals surface area contributed by atoms with Crippen LogP contribution in [-0.4, -0.2) is 22.8 Å². The molecule has 1 aromatic heterocycles. The number of rotatable bonds is 4. The second-order valence-corrected chi connectivity index (χ2v) is 5.12. The summed E-state index contributed by atoms with van der Waals surface area (Å²) in [6, 6.07) is 10.1. The molecule has 0 unspecified atom stereocenters. The average molecular weight is 286 g/mol. The van der Waals surface area contributed by atoms with E-state index in [1.165, 1.54) is 6.07 Å². The molecule has 0 aliphatic heterocycles. The minimum absolute atomic E-state index is 0.240. The molecule has 0 fully saturated rings. The third-order valence-corrected chi connectivity index (χ3v) is 2.77. The van der Waals surface area contributed by atoms with Crippen LogP contribution in [-0.2, 0) is 0 Å². The van der Waals surface area contributed by atoms with Crippen molar-refractivity contribution in [1.82, 2.24) is 15.5 Å². The van der Waals surface area contributed by atoms with Crippen molar-refractivity contribution in [1.29, 1.82) is 0 Å². The van der Waals surface area contributed by atoms with E-state index in [0.29, 0.717) is 23.8 Å². The van der Waals surface area contributed by atoms with E-state index in [2.05, 4.69) is 20.8 Å². The fourth-order valence-electron chi connectivity index (χ4n) is 1.73. The minimum Gasteiger partial charge on any atom is -0.338 e. The van der Waals surface area contributed by atoms with Crippen LogP contribution < -0.4 is 16.2 Å². The zero-order valence-electron chi connectivity index (χ0n) is 12.0. The molecule has 21 heavy (non-hydrogen) atoms. The molecule has 2 aromatic rings. The molecule has 1 aromatic carbocycles. The average Bonchev–Trinajstić information content (AvgIpc) is 2.46. The fraction of sp³-hybridized carbons (Fsp3) is 0.267. The molecule has 0 saturated heterocycles. The Morgan fingerprint density at radius 1 is 1.29 bits per heavy atom. The van der Waals surface area contributed by atoms with Gasteiger partial charge in [-0.05, 0) is 24.1 Å². The molecule has 0 atom stereocenters. The Balaban J connectivity index is 2.09. The zero-order chi connectivity index (χ0) is 15.2. The summed E-state index contributed by atoms with van der Waals surface area (Å²) in [7, 11) is 0. The van der Waals surface area contributed by atoms with Gasteiger partial charge in [0.2, 0.25) is 0 Å². The van der Waals surface area contributed by atoms with E-state index in [9.17, 15) is 9.59 Å².